The van der Waals surface area contributed by atoms with Gasteiger partial charge in [0.15, 0.2) is 0 Å². The summed E-state index contributed by atoms with van der Waals surface area (Å²) in [5.74, 6) is -1.13. The third-order valence-corrected chi connectivity index (χ3v) is 5.78. The highest BCUT2D eigenvalue weighted by Crippen LogP contribution is 2.33. The van der Waals surface area contributed by atoms with Crippen LogP contribution in [0, 0.1) is 17.1 Å². The van der Waals surface area contributed by atoms with Crippen LogP contribution in [0.25, 0.3) is 0 Å². The normalized spacial score (nSPS) is 12.2. The number of amides is 1. The first-order valence-electron chi connectivity index (χ1n) is 9.46. The van der Waals surface area contributed by atoms with E-state index in [1.54, 1.807) is 20.0 Å². The third-order valence-electron chi connectivity index (χ3n) is 4.54. The van der Waals surface area contributed by atoms with E-state index >= 15 is 0 Å². The van der Waals surface area contributed by atoms with Gasteiger partial charge in [-0.05, 0) is 48.4 Å². The molecule has 0 radical (unpaired) electrons. The monoisotopic (exact) mass is 415 g/mol. The number of rotatable bonds is 6. The maximum absolute atomic E-state index is 14.8. The Kier molecular flexibility index (Phi) is 7.04. The van der Waals surface area contributed by atoms with Gasteiger partial charge in [0.25, 0.3) is 0 Å². The Morgan fingerprint density at radius 3 is 2.52 bits per heavy atom. The van der Waals surface area contributed by atoms with Gasteiger partial charge >= 0.3 is 0 Å². The zero-order chi connectivity index (χ0) is 21.9. The number of halogens is 1. The van der Waals surface area contributed by atoms with Gasteiger partial charge < -0.3 is 5.11 Å². The van der Waals surface area contributed by atoms with Crippen molar-refractivity contribution in [2.24, 2.45) is 4.99 Å². The number of carbonyl (C=O) groups excluding carboxylic acids is 1. The predicted octanol–water partition coefficient (Wildman–Crippen LogP) is 4.82. The molecule has 1 amide bonds. The molecule has 2 aromatic rings. The molecule has 1 heterocycles. The minimum absolute atomic E-state index is 0.000895. The first-order valence-corrected chi connectivity index (χ1v) is 10.3. The fourth-order valence-corrected chi connectivity index (χ4v) is 3.88. The number of nitriles is 1. The lowest BCUT2D eigenvalue weighted by Crippen LogP contribution is -2.13. The van der Waals surface area contributed by atoms with Crippen LogP contribution in [-0.2, 0) is 16.8 Å². The second-order valence-corrected chi connectivity index (χ2v) is 9.15. The number of aromatic nitrogens is 1. The van der Waals surface area contributed by atoms with Crippen molar-refractivity contribution >= 4 is 23.5 Å². The minimum Gasteiger partial charge on any atom is -0.385 e. The van der Waals surface area contributed by atoms with Crippen LogP contribution in [0.4, 0.5) is 4.39 Å². The molecule has 154 valence electrons. The molecule has 0 fully saturated rings. The smallest absolute Gasteiger partial charge is 0.250 e. The topological polar surface area (TPSA) is 86.3 Å². The summed E-state index contributed by atoms with van der Waals surface area (Å²) in [4.78, 5) is 21.3. The molecule has 0 aliphatic rings. The molecule has 5 nitrogen and oxygen atoms in total. The van der Waals surface area contributed by atoms with Gasteiger partial charge in [-0.15, -0.1) is 11.3 Å². The molecule has 0 unspecified atom stereocenters. The van der Waals surface area contributed by atoms with Crippen molar-refractivity contribution in [2.75, 3.05) is 0 Å². The highest BCUT2D eigenvalue weighted by Gasteiger charge is 2.23. The van der Waals surface area contributed by atoms with Gasteiger partial charge in [0, 0.05) is 6.20 Å². The summed E-state index contributed by atoms with van der Waals surface area (Å²) in [6.45, 7) is 10.9. The van der Waals surface area contributed by atoms with Gasteiger partial charge in [-0.1, -0.05) is 27.7 Å². The van der Waals surface area contributed by atoms with Crippen molar-refractivity contribution in [1.82, 2.24) is 4.98 Å². The minimum atomic E-state index is -1.01. The molecule has 2 rings (SSSR count). The van der Waals surface area contributed by atoms with E-state index in [1.807, 2.05) is 33.8 Å². The van der Waals surface area contributed by atoms with Gasteiger partial charge in [0.2, 0.25) is 5.91 Å². The van der Waals surface area contributed by atoms with Crippen LogP contribution >= 0.6 is 11.3 Å². The summed E-state index contributed by atoms with van der Waals surface area (Å²) in [6.07, 6.45) is 2.87. The Bertz CT molecular complexity index is 979. The van der Waals surface area contributed by atoms with E-state index in [9.17, 15) is 19.6 Å². The summed E-state index contributed by atoms with van der Waals surface area (Å²) in [5, 5.41) is 19.8. The lowest BCUT2D eigenvalue weighted by Gasteiger charge is -2.20. The van der Waals surface area contributed by atoms with Crippen LogP contribution in [0.2, 0.25) is 0 Å². The summed E-state index contributed by atoms with van der Waals surface area (Å²) in [6, 6.07) is 3.45. The van der Waals surface area contributed by atoms with Crippen molar-refractivity contribution in [3.8, 4) is 6.07 Å². The molecule has 0 aliphatic heterocycles. The molecule has 0 spiro atoms. The van der Waals surface area contributed by atoms with Crippen molar-refractivity contribution in [1.29, 1.82) is 5.26 Å². The highest BCUT2D eigenvalue weighted by atomic mass is 32.1. The van der Waals surface area contributed by atoms with E-state index in [0.717, 1.165) is 5.56 Å². The van der Waals surface area contributed by atoms with Crippen LogP contribution in [0.3, 0.4) is 0 Å². The van der Waals surface area contributed by atoms with E-state index in [2.05, 4.69) is 9.98 Å². The van der Waals surface area contributed by atoms with E-state index in [0.29, 0.717) is 21.0 Å². The molecular formula is C22H26FN3O2S. The lowest BCUT2D eigenvalue weighted by molar-refractivity contribution is -0.117. The molecule has 0 saturated carbocycles. The van der Waals surface area contributed by atoms with E-state index < -0.39 is 17.3 Å². The maximum Gasteiger partial charge on any atom is 0.250 e. The van der Waals surface area contributed by atoms with Crippen LogP contribution < -0.4 is 0 Å². The van der Waals surface area contributed by atoms with Crippen molar-refractivity contribution in [2.45, 2.75) is 65.4 Å². The molecule has 0 bridgehead atoms. The first-order chi connectivity index (χ1) is 13.5. The standard InChI is InChI=1S/C22H26FN3O2S/c1-12(2)15-7-14(9-24)21(23)20(13(3)4)16(15)8-18(27)25-11-19-26-10-17(29-19)22(5,6)28/h7,10-13,28H,8H2,1-6H3. The SMILES string of the molecule is CC(C)c1cc(C#N)c(F)c(C(C)C)c1CC(=O)N=Cc1ncc(C(C)(C)O)s1. The van der Waals surface area contributed by atoms with Crippen molar-refractivity contribution in [3.63, 3.8) is 0 Å². The largest absolute Gasteiger partial charge is 0.385 e. The van der Waals surface area contributed by atoms with Gasteiger partial charge in [-0.25, -0.2) is 14.4 Å². The third kappa shape index (κ3) is 5.34. The number of aliphatic imine (C=N–C) groups is 1. The fourth-order valence-electron chi connectivity index (χ4n) is 3.09. The number of carbonyl (C=O) groups is 1. The average Bonchev–Trinajstić information content (AvgIpc) is 3.09. The Morgan fingerprint density at radius 2 is 2.03 bits per heavy atom. The average molecular weight is 416 g/mol. The second-order valence-electron chi connectivity index (χ2n) is 8.09. The molecule has 7 heteroatoms. The molecule has 0 aliphatic carbocycles. The van der Waals surface area contributed by atoms with Crippen LogP contribution in [-0.4, -0.2) is 22.2 Å². The summed E-state index contributed by atoms with van der Waals surface area (Å²) in [5.41, 5.74) is 0.777. The van der Waals surface area contributed by atoms with Crippen LogP contribution in [0.1, 0.15) is 85.5 Å². The Hall–Kier alpha value is -2.43. The quantitative estimate of drug-likeness (QED) is 0.686. The Balaban J connectivity index is 2.37. The van der Waals surface area contributed by atoms with E-state index in [4.69, 9.17) is 0 Å². The predicted molar refractivity (Wildman–Crippen MR) is 113 cm³/mol. The maximum atomic E-state index is 14.8. The first kappa shape index (κ1) is 22.9. The molecule has 1 aromatic heterocycles. The van der Waals surface area contributed by atoms with Crippen molar-refractivity contribution in [3.05, 3.63) is 50.2 Å². The van der Waals surface area contributed by atoms with Crippen LogP contribution in [0.15, 0.2) is 17.3 Å². The van der Waals surface area contributed by atoms with E-state index in [1.165, 1.54) is 23.6 Å². The van der Waals surface area contributed by atoms with Gasteiger partial charge in [-0.3, -0.25) is 4.79 Å². The molecular weight excluding hydrogens is 389 g/mol. The number of benzene rings is 1. The zero-order valence-electron chi connectivity index (χ0n) is 17.6. The van der Waals surface area contributed by atoms with Gasteiger partial charge in [0.05, 0.1) is 28.7 Å². The molecule has 0 atom stereocenters. The summed E-state index contributed by atoms with van der Waals surface area (Å²) in [7, 11) is 0. The molecule has 1 N–H and O–H groups in total. The number of aliphatic hydroxyl groups is 1. The summed E-state index contributed by atoms with van der Waals surface area (Å²) >= 11 is 1.25. The fraction of sp³-hybridized carbons (Fsp3) is 0.455. The lowest BCUT2D eigenvalue weighted by atomic mass is 9.84. The van der Waals surface area contributed by atoms with Crippen molar-refractivity contribution < 1.29 is 14.3 Å². The second kappa shape index (κ2) is 8.93. The number of nitrogens with zero attached hydrogens (tertiary/aromatic N) is 3. The number of hydrogen-bond acceptors (Lipinski definition) is 5. The van der Waals surface area contributed by atoms with Gasteiger partial charge in [-0.2, -0.15) is 5.26 Å². The zero-order valence-corrected chi connectivity index (χ0v) is 18.4. The Morgan fingerprint density at radius 1 is 1.38 bits per heavy atom. The highest BCUT2D eigenvalue weighted by molar-refractivity contribution is 7.13. The molecule has 1 aromatic carbocycles. The Labute approximate surface area is 175 Å². The van der Waals surface area contributed by atoms with Crippen LogP contribution in [0.5, 0.6) is 0 Å². The van der Waals surface area contributed by atoms with E-state index in [-0.39, 0.29) is 23.8 Å². The summed E-state index contributed by atoms with van der Waals surface area (Å²) < 4.78 is 14.8. The number of thiazole rings is 1. The van der Waals surface area contributed by atoms with Gasteiger partial charge in [0.1, 0.15) is 16.9 Å². The molecule has 29 heavy (non-hydrogen) atoms. The molecule has 0 saturated heterocycles. The number of hydrogen-bond donors (Lipinski definition) is 1.